The van der Waals surface area contributed by atoms with Crippen molar-refractivity contribution in [2.75, 3.05) is 13.7 Å². The summed E-state index contributed by atoms with van der Waals surface area (Å²) < 4.78 is 5.90. The van der Waals surface area contributed by atoms with Gasteiger partial charge in [-0.1, -0.05) is 44.2 Å². The molecule has 0 aliphatic carbocycles. The first-order valence-corrected chi connectivity index (χ1v) is 7.66. The van der Waals surface area contributed by atoms with E-state index in [1.165, 1.54) is 25.7 Å². The molecule has 0 aromatic heterocycles. The van der Waals surface area contributed by atoms with Crippen LogP contribution >= 0.6 is 11.6 Å². The molecule has 1 aromatic rings. The third-order valence-electron chi connectivity index (χ3n) is 3.38. The molecule has 2 nitrogen and oxygen atoms in total. The SMILES string of the molecule is CCCCCCCOc1ccc(Cl)cc1C(C)NC. The van der Waals surface area contributed by atoms with Gasteiger partial charge in [-0.15, -0.1) is 0 Å². The van der Waals surface area contributed by atoms with Gasteiger partial charge in [0.2, 0.25) is 0 Å². The van der Waals surface area contributed by atoms with Gasteiger partial charge in [-0.3, -0.25) is 0 Å². The van der Waals surface area contributed by atoms with Crippen LogP contribution in [-0.2, 0) is 0 Å². The molecule has 0 heterocycles. The molecule has 0 saturated carbocycles. The average molecular weight is 284 g/mol. The Balaban J connectivity index is 2.48. The second-order valence-corrected chi connectivity index (χ2v) is 5.39. The summed E-state index contributed by atoms with van der Waals surface area (Å²) in [5, 5.41) is 3.99. The lowest BCUT2D eigenvalue weighted by molar-refractivity contribution is 0.299. The molecule has 3 heteroatoms. The Hall–Kier alpha value is -0.730. The molecule has 1 N–H and O–H groups in total. The monoisotopic (exact) mass is 283 g/mol. The summed E-state index contributed by atoms with van der Waals surface area (Å²) >= 11 is 6.05. The zero-order valence-corrected chi connectivity index (χ0v) is 13.1. The average Bonchev–Trinajstić information content (AvgIpc) is 2.43. The number of unbranched alkanes of at least 4 members (excludes halogenated alkanes) is 4. The molecule has 1 atom stereocenters. The molecule has 108 valence electrons. The Labute approximate surface area is 122 Å². The van der Waals surface area contributed by atoms with Crippen molar-refractivity contribution in [2.24, 2.45) is 0 Å². The summed E-state index contributed by atoms with van der Waals surface area (Å²) in [5.74, 6) is 0.946. The quantitative estimate of drug-likeness (QED) is 0.646. The maximum Gasteiger partial charge on any atom is 0.124 e. The Morgan fingerprint density at radius 2 is 1.95 bits per heavy atom. The lowest BCUT2D eigenvalue weighted by atomic mass is 10.1. The highest BCUT2D eigenvalue weighted by Gasteiger charge is 2.10. The van der Waals surface area contributed by atoms with Gasteiger partial charge in [-0.2, -0.15) is 0 Å². The van der Waals surface area contributed by atoms with Crippen molar-refractivity contribution < 1.29 is 4.74 Å². The first-order chi connectivity index (χ1) is 9.19. The fourth-order valence-electron chi connectivity index (χ4n) is 2.03. The van der Waals surface area contributed by atoms with E-state index in [1.54, 1.807) is 0 Å². The normalized spacial score (nSPS) is 12.4. The van der Waals surface area contributed by atoms with E-state index < -0.39 is 0 Å². The molecule has 0 fully saturated rings. The van der Waals surface area contributed by atoms with Gasteiger partial charge in [-0.05, 0) is 38.6 Å². The van der Waals surface area contributed by atoms with E-state index >= 15 is 0 Å². The lowest BCUT2D eigenvalue weighted by Gasteiger charge is -2.17. The predicted molar refractivity (Wildman–Crippen MR) is 83.2 cm³/mol. The van der Waals surface area contributed by atoms with Crippen LogP contribution in [-0.4, -0.2) is 13.7 Å². The van der Waals surface area contributed by atoms with Crippen LogP contribution in [0, 0.1) is 0 Å². The van der Waals surface area contributed by atoms with Crippen molar-refractivity contribution in [2.45, 2.75) is 52.0 Å². The number of benzene rings is 1. The van der Waals surface area contributed by atoms with E-state index in [1.807, 2.05) is 25.2 Å². The number of nitrogens with one attached hydrogen (secondary N) is 1. The van der Waals surface area contributed by atoms with E-state index in [0.29, 0.717) is 0 Å². The van der Waals surface area contributed by atoms with E-state index in [0.717, 1.165) is 29.4 Å². The molecule has 0 radical (unpaired) electrons. The van der Waals surface area contributed by atoms with Crippen molar-refractivity contribution in [3.63, 3.8) is 0 Å². The fourth-order valence-corrected chi connectivity index (χ4v) is 2.21. The maximum atomic E-state index is 6.05. The van der Waals surface area contributed by atoms with E-state index in [9.17, 15) is 0 Å². The van der Waals surface area contributed by atoms with Gasteiger partial charge in [0.05, 0.1) is 6.61 Å². The van der Waals surface area contributed by atoms with E-state index in [-0.39, 0.29) is 6.04 Å². The van der Waals surface area contributed by atoms with E-state index in [2.05, 4.69) is 19.2 Å². The van der Waals surface area contributed by atoms with Crippen LogP contribution in [0.2, 0.25) is 5.02 Å². The molecule has 0 spiro atoms. The lowest BCUT2D eigenvalue weighted by Crippen LogP contribution is -2.14. The molecule has 0 saturated heterocycles. The summed E-state index contributed by atoms with van der Waals surface area (Å²) in [6.07, 6.45) is 6.28. The molecule has 0 aliphatic rings. The number of hydrogen-bond donors (Lipinski definition) is 1. The molecular weight excluding hydrogens is 258 g/mol. The molecule has 0 aliphatic heterocycles. The number of halogens is 1. The summed E-state index contributed by atoms with van der Waals surface area (Å²) in [6.45, 7) is 5.13. The van der Waals surface area contributed by atoms with Gasteiger partial charge in [0.1, 0.15) is 5.75 Å². The number of hydrogen-bond acceptors (Lipinski definition) is 2. The van der Waals surface area contributed by atoms with Gasteiger partial charge in [-0.25, -0.2) is 0 Å². The highest BCUT2D eigenvalue weighted by molar-refractivity contribution is 6.30. The molecule has 19 heavy (non-hydrogen) atoms. The summed E-state index contributed by atoms with van der Waals surface area (Å²) in [4.78, 5) is 0. The summed E-state index contributed by atoms with van der Waals surface area (Å²) in [6, 6.07) is 6.08. The molecular formula is C16H26ClNO. The predicted octanol–water partition coefficient (Wildman–Crippen LogP) is 4.97. The zero-order valence-electron chi connectivity index (χ0n) is 12.3. The standard InChI is InChI=1S/C16H26ClNO/c1-4-5-6-7-8-11-19-16-10-9-14(17)12-15(16)13(2)18-3/h9-10,12-13,18H,4-8,11H2,1-3H3. The summed E-state index contributed by atoms with van der Waals surface area (Å²) in [7, 11) is 1.94. The Bertz CT molecular complexity index is 368. The third kappa shape index (κ3) is 5.84. The third-order valence-corrected chi connectivity index (χ3v) is 3.61. The van der Waals surface area contributed by atoms with Gasteiger partial charge in [0, 0.05) is 16.6 Å². The largest absolute Gasteiger partial charge is 0.493 e. The number of ether oxygens (including phenoxy) is 1. The minimum absolute atomic E-state index is 0.244. The van der Waals surface area contributed by atoms with Crippen LogP contribution in [0.15, 0.2) is 18.2 Å². The first kappa shape index (κ1) is 16.3. The zero-order chi connectivity index (χ0) is 14.1. The minimum atomic E-state index is 0.244. The van der Waals surface area contributed by atoms with Crippen LogP contribution in [0.1, 0.15) is 57.6 Å². The van der Waals surface area contributed by atoms with Crippen LogP contribution in [0.5, 0.6) is 5.75 Å². The van der Waals surface area contributed by atoms with Crippen LogP contribution in [0.4, 0.5) is 0 Å². The fraction of sp³-hybridized carbons (Fsp3) is 0.625. The van der Waals surface area contributed by atoms with E-state index in [4.69, 9.17) is 16.3 Å². The highest BCUT2D eigenvalue weighted by Crippen LogP contribution is 2.28. The smallest absolute Gasteiger partial charge is 0.124 e. The molecule has 0 amide bonds. The van der Waals surface area contributed by atoms with Gasteiger partial charge >= 0.3 is 0 Å². The molecule has 1 aromatic carbocycles. The van der Waals surface area contributed by atoms with Gasteiger partial charge in [0.15, 0.2) is 0 Å². The first-order valence-electron chi connectivity index (χ1n) is 7.28. The second-order valence-electron chi connectivity index (χ2n) is 4.96. The molecule has 0 bridgehead atoms. The van der Waals surface area contributed by atoms with Crippen molar-refractivity contribution in [3.05, 3.63) is 28.8 Å². The van der Waals surface area contributed by atoms with Gasteiger partial charge in [0.25, 0.3) is 0 Å². The maximum absolute atomic E-state index is 6.05. The minimum Gasteiger partial charge on any atom is -0.493 e. The van der Waals surface area contributed by atoms with Crippen LogP contribution in [0.25, 0.3) is 0 Å². The van der Waals surface area contributed by atoms with Crippen LogP contribution < -0.4 is 10.1 Å². The Morgan fingerprint density at radius 3 is 2.63 bits per heavy atom. The highest BCUT2D eigenvalue weighted by atomic mass is 35.5. The number of rotatable bonds is 9. The van der Waals surface area contributed by atoms with Gasteiger partial charge < -0.3 is 10.1 Å². The van der Waals surface area contributed by atoms with Crippen molar-refractivity contribution in [3.8, 4) is 5.75 Å². The molecule has 1 unspecified atom stereocenters. The van der Waals surface area contributed by atoms with Crippen molar-refractivity contribution >= 4 is 11.6 Å². The van der Waals surface area contributed by atoms with Crippen LogP contribution in [0.3, 0.4) is 0 Å². The van der Waals surface area contributed by atoms with Crippen molar-refractivity contribution in [1.82, 2.24) is 5.32 Å². The Kier molecular flexibility index (Phi) is 7.92. The molecule has 1 rings (SSSR count). The van der Waals surface area contributed by atoms with Crippen molar-refractivity contribution in [1.29, 1.82) is 0 Å². The Morgan fingerprint density at radius 1 is 1.21 bits per heavy atom. The summed E-state index contributed by atoms with van der Waals surface area (Å²) in [5.41, 5.74) is 1.13. The topological polar surface area (TPSA) is 21.3 Å². The second kappa shape index (κ2) is 9.22.